The molecular formula is C11H26O4SSi. The minimum atomic E-state index is -3.40. The van der Waals surface area contributed by atoms with Crippen molar-refractivity contribution in [2.75, 3.05) is 6.26 Å². The third-order valence-corrected chi connectivity index (χ3v) is 3.96. The van der Waals surface area contributed by atoms with Gasteiger partial charge in [0.25, 0.3) is 10.1 Å². The molecule has 104 valence electrons. The van der Waals surface area contributed by atoms with Gasteiger partial charge in [0.15, 0.2) is 0 Å². The van der Waals surface area contributed by atoms with Gasteiger partial charge in [0, 0.05) is 6.10 Å². The Hall–Kier alpha value is 0.0869. The molecule has 0 aromatic rings. The molecular weight excluding hydrogens is 256 g/mol. The summed E-state index contributed by atoms with van der Waals surface area (Å²) in [7, 11) is -2.72. The zero-order chi connectivity index (χ0) is 13.9. The standard InChI is InChI=1S/C11H26O4SSi/c1-10(2,3)9(14-17)7-8-11(4,5)15-16(6,12)13/h9H,7-8H2,1-6,17H3. The maximum atomic E-state index is 11.1. The van der Waals surface area contributed by atoms with Crippen LogP contribution in [0.1, 0.15) is 47.5 Å². The summed E-state index contributed by atoms with van der Waals surface area (Å²) in [5.41, 5.74) is -0.597. The van der Waals surface area contributed by atoms with Crippen LogP contribution in [0.3, 0.4) is 0 Å². The van der Waals surface area contributed by atoms with Crippen molar-refractivity contribution < 1.29 is 17.0 Å². The van der Waals surface area contributed by atoms with Crippen LogP contribution in [0.25, 0.3) is 0 Å². The predicted molar refractivity (Wildman–Crippen MR) is 73.5 cm³/mol. The Labute approximate surface area is 109 Å². The van der Waals surface area contributed by atoms with E-state index in [4.69, 9.17) is 8.61 Å². The molecule has 1 atom stereocenters. The molecule has 0 N–H and O–H groups in total. The molecule has 0 saturated carbocycles. The van der Waals surface area contributed by atoms with Gasteiger partial charge in [-0.15, -0.1) is 0 Å². The lowest BCUT2D eigenvalue weighted by molar-refractivity contribution is 0.0477. The maximum absolute atomic E-state index is 11.1. The fourth-order valence-electron chi connectivity index (χ4n) is 1.83. The van der Waals surface area contributed by atoms with Crippen LogP contribution in [0, 0.1) is 5.41 Å². The van der Waals surface area contributed by atoms with Crippen LogP contribution in [0.4, 0.5) is 0 Å². The van der Waals surface area contributed by atoms with Gasteiger partial charge in [-0.2, -0.15) is 8.42 Å². The Kier molecular flexibility index (Phi) is 5.85. The monoisotopic (exact) mass is 282 g/mol. The Bertz CT molecular complexity index is 330. The number of hydrogen-bond donors (Lipinski definition) is 0. The van der Waals surface area contributed by atoms with E-state index in [0.717, 1.165) is 12.7 Å². The van der Waals surface area contributed by atoms with Crippen molar-refractivity contribution in [2.45, 2.75) is 59.2 Å². The van der Waals surface area contributed by atoms with Crippen LogP contribution in [0.2, 0.25) is 0 Å². The Morgan fingerprint density at radius 1 is 1.18 bits per heavy atom. The summed E-state index contributed by atoms with van der Waals surface area (Å²) in [4.78, 5) is 0. The van der Waals surface area contributed by atoms with Crippen molar-refractivity contribution >= 4 is 20.6 Å². The fourth-order valence-corrected chi connectivity index (χ4v) is 3.68. The summed E-state index contributed by atoms with van der Waals surface area (Å²) in [5, 5.41) is 0. The normalized spacial score (nSPS) is 16.1. The second-order valence-corrected chi connectivity index (χ2v) is 8.22. The van der Waals surface area contributed by atoms with Crippen LogP contribution in [0.5, 0.6) is 0 Å². The molecule has 0 fully saturated rings. The van der Waals surface area contributed by atoms with Gasteiger partial charge in [0.2, 0.25) is 0 Å². The zero-order valence-corrected chi connectivity index (χ0v) is 14.8. The largest absolute Gasteiger partial charge is 0.425 e. The molecule has 1 unspecified atom stereocenters. The van der Waals surface area contributed by atoms with Crippen molar-refractivity contribution in [2.24, 2.45) is 5.41 Å². The first-order chi connectivity index (χ1) is 7.37. The number of rotatable bonds is 6. The van der Waals surface area contributed by atoms with Crippen molar-refractivity contribution in [1.29, 1.82) is 0 Å². The van der Waals surface area contributed by atoms with Gasteiger partial charge in [-0.3, -0.25) is 4.18 Å². The maximum Gasteiger partial charge on any atom is 0.264 e. The smallest absolute Gasteiger partial charge is 0.264 e. The van der Waals surface area contributed by atoms with Gasteiger partial charge in [-0.05, 0) is 32.1 Å². The summed E-state index contributed by atoms with van der Waals surface area (Å²) in [6.45, 7) is 9.96. The molecule has 17 heavy (non-hydrogen) atoms. The number of hydrogen-bond acceptors (Lipinski definition) is 4. The molecule has 0 aliphatic rings. The lowest BCUT2D eigenvalue weighted by atomic mass is 9.84. The summed E-state index contributed by atoms with van der Waals surface area (Å²) < 4.78 is 32.9. The van der Waals surface area contributed by atoms with E-state index in [-0.39, 0.29) is 11.5 Å². The molecule has 0 amide bonds. The van der Waals surface area contributed by atoms with E-state index in [1.807, 2.05) is 0 Å². The first kappa shape index (κ1) is 17.1. The zero-order valence-electron chi connectivity index (χ0n) is 12.0. The second-order valence-electron chi connectivity index (χ2n) is 6.18. The van der Waals surface area contributed by atoms with Gasteiger partial charge in [0.1, 0.15) is 10.5 Å². The lowest BCUT2D eigenvalue weighted by Gasteiger charge is -2.33. The predicted octanol–water partition coefficient (Wildman–Crippen LogP) is 1.23. The highest BCUT2D eigenvalue weighted by atomic mass is 32.2. The van der Waals surface area contributed by atoms with Crippen LogP contribution < -0.4 is 0 Å². The minimum absolute atomic E-state index is 0.0723. The molecule has 0 rings (SSSR count). The quantitative estimate of drug-likeness (QED) is 0.543. The second kappa shape index (κ2) is 5.82. The summed E-state index contributed by atoms with van der Waals surface area (Å²) >= 11 is 0. The highest BCUT2D eigenvalue weighted by Gasteiger charge is 2.29. The highest BCUT2D eigenvalue weighted by Crippen LogP contribution is 2.29. The van der Waals surface area contributed by atoms with E-state index in [1.54, 1.807) is 13.8 Å². The first-order valence-electron chi connectivity index (χ1n) is 5.81. The van der Waals surface area contributed by atoms with E-state index in [1.165, 1.54) is 0 Å². The average molecular weight is 282 g/mol. The Morgan fingerprint density at radius 2 is 1.65 bits per heavy atom. The summed E-state index contributed by atoms with van der Waals surface area (Å²) in [5.74, 6) is 0. The van der Waals surface area contributed by atoms with Crippen molar-refractivity contribution in [3.63, 3.8) is 0 Å². The van der Waals surface area contributed by atoms with Gasteiger partial charge in [-0.1, -0.05) is 20.8 Å². The first-order valence-corrected chi connectivity index (χ1v) is 8.44. The molecule has 4 nitrogen and oxygen atoms in total. The van der Waals surface area contributed by atoms with Gasteiger partial charge >= 0.3 is 0 Å². The summed E-state index contributed by atoms with van der Waals surface area (Å²) in [6, 6.07) is 0. The van der Waals surface area contributed by atoms with Gasteiger partial charge in [0.05, 0.1) is 11.9 Å². The van der Waals surface area contributed by atoms with Crippen molar-refractivity contribution in [3.05, 3.63) is 0 Å². The van der Waals surface area contributed by atoms with Gasteiger partial charge in [-0.25, -0.2) is 0 Å². The Morgan fingerprint density at radius 3 is 1.94 bits per heavy atom. The Balaban J connectivity index is 4.45. The molecule has 0 saturated heterocycles. The van der Waals surface area contributed by atoms with Crippen LogP contribution >= 0.6 is 0 Å². The molecule has 0 aliphatic carbocycles. The molecule has 0 aromatic carbocycles. The van der Waals surface area contributed by atoms with Crippen molar-refractivity contribution in [3.8, 4) is 0 Å². The summed E-state index contributed by atoms with van der Waals surface area (Å²) in [6.07, 6.45) is 2.69. The SMILES string of the molecule is CC(C)(CCC(O[SiH3])C(C)(C)C)OS(C)(=O)=O. The average Bonchev–Trinajstić information content (AvgIpc) is 1.96. The lowest BCUT2D eigenvalue weighted by Crippen LogP contribution is -2.34. The van der Waals surface area contributed by atoms with Crippen molar-refractivity contribution in [1.82, 2.24) is 0 Å². The van der Waals surface area contributed by atoms with E-state index in [2.05, 4.69) is 20.8 Å². The van der Waals surface area contributed by atoms with E-state index >= 15 is 0 Å². The molecule has 0 bridgehead atoms. The molecule has 0 radical (unpaired) electrons. The van der Waals surface area contributed by atoms with E-state index < -0.39 is 15.7 Å². The minimum Gasteiger partial charge on any atom is -0.425 e. The van der Waals surface area contributed by atoms with Gasteiger partial charge < -0.3 is 4.43 Å². The fraction of sp³-hybridized carbons (Fsp3) is 1.00. The van der Waals surface area contributed by atoms with Crippen LogP contribution in [-0.2, 0) is 18.7 Å². The highest BCUT2D eigenvalue weighted by molar-refractivity contribution is 7.86. The van der Waals surface area contributed by atoms with E-state index in [0.29, 0.717) is 16.9 Å². The third kappa shape index (κ3) is 7.91. The van der Waals surface area contributed by atoms with Crippen LogP contribution in [0.15, 0.2) is 0 Å². The van der Waals surface area contributed by atoms with Crippen LogP contribution in [-0.4, -0.2) is 36.9 Å². The molecule has 0 aliphatic heterocycles. The third-order valence-electron chi connectivity index (χ3n) is 2.64. The molecule has 0 aromatic heterocycles. The molecule has 6 heteroatoms. The van der Waals surface area contributed by atoms with E-state index in [9.17, 15) is 8.42 Å². The topological polar surface area (TPSA) is 52.6 Å². The molecule has 0 spiro atoms. The molecule has 0 heterocycles.